The van der Waals surface area contributed by atoms with Crippen LogP contribution in [0.1, 0.15) is 31.9 Å². The summed E-state index contributed by atoms with van der Waals surface area (Å²) in [4.78, 5) is 22.7. The van der Waals surface area contributed by atoms with Gasteiger partial charge in [-0.2, -0.15) is 5.26 Å². The minimum absolute atomic E-state index is 0.237. The Balaban J connectivity index is 2.83. The van der Waals surface area contributed by atoms with Gasteiger partial charge in [0.2, 0.25) is 0 Å². The van der Waals surface area contributed by atoms with Crippen molar-refractivity contribution in [1.82, 2.24) is 0 Å². The second-order valence-corrected chi connectivity index (χ2v) is 4.18. The molecular formula is C15H15NO3. The van der Waals surface area contributed by atoms with Crippen LogP contribution >= 0.6 is 0 Å². The van der Waals surface area contributed by atoms with Gasteiger partial charge in [0, 0.05) is 6.92 Å². The first-order valence-corrected chi connectivity index (χ1v) is 5.84. The highest BCUT2D eigenvalue weighted by atomic mass is 16.5. The smallest absolute Gasteiger partial charge is 0.303 e. The van der Waals surface area contributed by atoms with Gasteiger partial charge in [0.05, 0.1) is 11.6 Å². The number of hydrogen-bond acceptors (Lipinski definition) is 4. The maximum atomic E-state index is 11.9. The van der Waals surface area contributed by atoms with Crippen molar-refractivity contribution in [2.24, 2.45) is 0 Å². The van der Waals surface area contributed by atoms with E-state index in [2.05, 4.69) is 0 Å². The number of esters is 1. The SMILES string of the molecule is CC(=O)OC(C)C(=O)/C(C)=C/c1ccc(C#N)cc1. The highest BCUT2D eigenvalue weighted by molar-refractivity contribution is 6.02. The van der Waals surface area contributed by atoms with Crippen LogP contribution in [-0.4, -0.2) is 17.9 Å². The molecule has 0 heterocycles. The van der Waals surface area contributed by atoms with Gasteiger partial charge in [-0.15, -0.1) is 0 Å². The van der Waals surface area contributed by atoms with E-state index in [-0.39, 0.29) is 5.78 Å². The quantitative estimate of drug-likeness (QED) is 0.614. The third-order valence-electron chi connectivity index (χ3n) is 2.52. The van der Waals surface area contributed by atoms with Crippen molar-refractivity contribution in [3.63, 3.8) is 0 Å². The topological polar surface area (TPSA) is 67.2 Å². The molecule has 4 heteroatoms. The van der Waals surface area contributed by atoms with Crippen molar-refractivity contribution in [2.45, 2.75) is 26.9 Å². The summed E-state index contributed by atoms with van der Waals surface area (Å²) >= 11 is 0. The number of hydrogen-bond donors (Lipinski definition) is 0. The normalized spacial score (nSPS) is 12.4. The Morgan fingerprint density at radius 1 is 1.26 bits per heavy atom. The molecule has 1 aromatic carbocycles. The molecule has 0 radical (unpaired) electrons. The van der Waals surface area contributed by atoms with Crippen molar-refractivity contribution in [3.05, 3.63) is 41.0 Å². The molecule has 0 aliphatic rings. The molecule has 0 aromatic heterocycles. The minimum Gasteiger partial charge on any atom is -0.454 e. The molecule has 0 aliphatic carbocycles. The highest BCUT2D eigenvalue weighted by Gasteiger charge is 2.17. The maximum Gasteiger partial charge on any atom is 0.303 e. The summed E-state index contributed by atoms with van der Waals surface area (Å²) < 4.78 is 4.83. The lowest BCUT2D eigenvalue weighted by atomic mass is 10.0. The van der Waals surface area contributed by atoms with Crippen molar-refractivity contribution in [1.29, 1.82) is 5.26 Å². The zero-order chi connectivity index (χ0) is 14.4. The van der Waals surface area contributed by atoms with Gasteiger partial charge in [0.15, 0.2) is 11.9 Å². The van der Waals surface area contributed by atoms with Gasteiger partial charge in [-0.25, -0.2) is 0 Å². The van der Waals surface area contributed by atoms with E-state index in [1.54, 1.807) is 44.2 Å². The van der Waals surface area contributed by atoms with Crippen LogP contribution in [-0.2, 0) is 14.3 Å². The van der Waals surface area contributed by atoms with E-state index in [9.17, 15) is 9.59 Å². The first-order chi connectivity index (χ1) is 8.93. The van der Waals surface area contributed by atoms with E-state index in [0.29, 0.717) is 11.1 Å². The molecule has 0 aliphatic heterocycles. The number of ketones is 1. The van der Waals surface area contributed by atoms with E-state index < -0.39 is 12.1 Å². The summed E-state index contributed by atoms with van der Waals surface area (Å²) in [6, 6.07) is 8.90. The first kappa shape index (κ1) is 14.7. The van der Waals surface area contributed by atoms with Gasteiger partial charge in [-0.3, -0.25) is 9.59 Å². The molecule has 98 valence electrons. The number of carbonyl (C=O) groups is 2. The zero-order valence-corrected chi connectivity index (χ0v) is 11.1. The first-order valence-electron chi connectivity index (χ1n) is 5.84. The number of nitrogens with zero attached hydrogens (tertiary/aromatic N) is 1. The average Bonchev–Trinajstić information content (AvgIpc) is 2.37. The minimum atomic E-state index is -0.785. The van der Waals surface area contributed by atoms with Crippen LogP contribution in [0.25, 0.3) is 6.08 Å². The fourth-order valence-corrected chi connectivity index (χ4v) is 1.60. The average molecular weight is 257 g/mol. The van der Waals surface area contributed by atoms with E-state index in [1.165, 1.54) is 6.92 Å². The Kier molecular flexibility index (Phi) is 5.01. The molecular weight excluding hydrogens is 242 g/mol. The monoisotopic (exact) mass is 257 g/mol. The molecule has 0 fully saturated rings. The van der Waals surface area contributed by atoms with E-state index in [4.69, 9.17) is 10.00 Å². The Labute approximate surface area is 112 Å². The van der Waals surface area contributed by atoms with E-state index in [0.717, 1.165) is 5.56 Å². The van der Waals surface area contributed by atoms with E-state index in [1.807, 2.05) is 6.07 Å². The van der Waals surface area contributed by atoms with Crippen LogP contribution in [0.4, 0.5) is 0 Å². The van der Waals surface area contributed by atoms with Crippen molar-refractivity contribution >= 4 is 17.8 Å². The Morgan fingerprint density at radius 3 is 2.32 bits per heavy atom. The number of nitriles is 1. The molecule has 0 bridgehead atoms. The molecule has 1 aromatic rings. The fourth-order valence-electron chi connectivity index (χ4n) is 1.60. The third-order valence-corrected chi connectivity index (χ3v) is 2.52. The van der Waals surface area contributed by atoms with Crippen molar-refractivity contribution < 1.29 is 14.3 Å². The van der Waals surface area contributed by atoms with Gasteiger partial charge in [-0.1, -0.05) is 12.1 Å². The molecule has 1 unspecified atom stereocenters. The predicted molar refractivity (Wildman–Crippen MR) is 71.0 cm³/mol. The molecule has 0 spiro atoms. The van der Waals surface area contributed by atoms with Crippen LogP contribution in [0.2, 0.25) is 0 Å². The Morgan fingerprint density at radius 2 is 1.84 bits per heavy atom. The highest BCUT2D eigenvalue weighted by Crippen LogP contribution is 2.11. The van der Waals surface area contributed by atoms with Gasteiger partial charge in [-0.05, 0) is 43.2 Å². The second-order valence-electron chi connectivity index (χ2n) is 4.18. The predicted octanol–water partition coefficient (Wildman–Crippen LogP) is 2.48. The number of ether oxygens (including phenoxy) is 1. The number of rotatable bonds is 4. The summed E-state index contributed by atoms with van der Waals surface area (Å²) in [5.74, 6) is -0.716. The number of benzene rings is 1. The molecule has 0 saturated heterocycles. The molecule has 0 saturated carbocycles. The summed E-state index contributed by atoms with van der Waals surface area (Å²) in [5, 5.41) is 8.69. The lowest BCUT2D eigenvalue weighted by Gasteiger charge is -2.10. The number of Topliss-reactive ketones (excluding diaryl/α,β-unsaturated/α-hetero) is 1. The largest absolute Gasteiger partial charge is 0.454 e. The van der Waals surface area contributed by atoms with Gasteiger partial charge < -0.3 is 4.74 Å². The van der Waals surface area contributed by atoms with Crippen molar-refractivity contribution in [3.8, 4) is 6.07 Å². The lowest BCUT2D eigenvalue weighted by molar-refractivity contribution is -0.150. The third kappa shape index (κ3) is 4.40. The zero-order valence-electron chi connectivity index (χ0n) is 11.1. The summed E-state index contributed by atoms with van der Waals surface area (Å²) in [6.45, 7) is 4.48. The van der Waals surface area contributed by atoms with Gasteiger partial charge in [0.25, 0.3) is 0 Å². The summed E-state index contributed by atoms with van der Waals surface area (Å²) in [7, 11) is 0. The lowest BCUT2D eigenvalue weighted by Crippen LogP contribution is -2.23. The van der Waals surface area contributed by atoms with Gasteiger partial charge in [0.1, 0.15) is 0 Å². The molecule has 19 heavy (non-hydrogen) atoms. The van der Waals surface area contributed by atoms with Crippen LogP contribution in [0.15, 0.2) is 29.8 Å². The molecule has 0 N–H and O–H groups in total. The fraction of sp³-hybridized carbons (Fsp3) is 0.267. The molecule has 4 nitrogen and oxygen atoms in total. The summed E-state index contributed by atoms with van der Waals surface area (Å²) in [5.41, 5.74) is 1.88. The maximum absolute atomic E-state index is 11.9. The van der Waals surface area contributed by atoms with Crippen molar-refractivity contribution in [2.75, 3.05) is 0 Å². The molecule has 1 rings (SSSR count). The standard InChI is InChI=1S/C15H15NO3/c1-10(15(18)11(2)19-12(3)17)8-13-4-6-14(9-16)7-5-13/h4-8,11H,1-3H3/b10-8+. The van der Waals surface area contributed by atoms with E-state index >= 15 is 0 Å². The Hall–Kier alpha value is -2.41. The molecule has 1 atom stereocenters. The summed E-state index contributed by atoms with van der Waals surface area (Å²) in [6.07, 6.45) is 0.913. The van der Waals surface area contributed by atoms with Crippen LogP contribution in [0.5, 0.6) is 0 Å². The Bertz CT molecular complexity index is 550. The van der Waals surface area contributed by atoms with Gasteiger partial charge >= 0.3 is 5.97 Å². The van der Waals surface area contributed by atoms with Crippen LogP contribution in [0.3, 0.4) is 0 Å². The second kappa shape index (κ2) is 6.50. The van der Waals surface area contributed by atoms with Crippen LogP contribution < -0.4 is 0 Å². The molecule has 0 amide bonds. The van der Waals surface area contributed by atoms with Crippen LogP contribution in [0, 0.1) is 11.3 Å². The number of carbonyl (C=O) groups excluding carboxylic acids is 2.